The average molecular weight is 390 g/mol. The number of anilines is 1. The minimum absolute atomic E-state index is 0.0844. The number of nitrogens with zero attached hydrogens (tertiary/aromatic N) is 2. The lowest BCUT2D eigenvalue weighted by atomic mass is 10.1. The van der Waals surface area contributed by atoms with Crippen LogP contribution in [-0.2, 0) is 4.74 Å². The van der Waals surface area contributed by atoms with E-state index in [2.05, 4.69) is 4.98 Å². The molecule has 8 heteroatoms. The molecule has 0 saturated heterocycles. The SMILES string of the molecule is CCCN(C(=O)c1ccc(C)nc1C(N)=O)c1cccc(C(=O)OCCl)c1. The standard InChI is InChI=1S/C19H20ClN3O4/c1-3-9-23(14-6-4-5-13(10-14)19(26)27-11-20)18(25)15-8-7-12(2)22-16(15)17(21)24/h4-8,10H,3,9,11H2,1-2H3,(H2,21,24). The van der Waals surface area contributed by atoms with E-state index in [1.54, 1.807) is 31.2 Å². The Balaban J connectivity index is 2.47. The van der Waals surface area contributed by atoms with Crippen LogP contribution in [0.15, 0.2) is 36.4 Å². The number of ether oxygens (including phenoxy) is 1. The summed E-state index contributed by atoms with van der Waals surface area (Å²) in [6.45, 7) is 3.99. The van der Waals surface area contributed by atoms with Gasteiger partial charge < -0.3 is 15.4 Å². The van der Waals surface area contributed by atoms with Gasteiger partial charge in [0.1, 0.15) is 5.69 Å². The van der Waals surface area contributed by atoms with E-state index in [1.165, 1.54) is 17.0 Å². The zero-order valence-corrected chi connectivity index (χ0v) is 15.8. The maximum atomic E-state index is 13.1. The number of carbonyl (C=O) groups is 3. The van der Waals surface area contributed by atoms with E-state index < -0.39 is 17.8 Å². The lowest BCUT2D eigenvalue weighted by Crippen LogP contribution is -2.34. The Morgan fingerprint density at radius 1 is 1.22 bits per heavy atom. The number of amides is 2. The number of primary amides is 1. The van der Waals surface area contributed by atoms with Gasteiger partial charge in [0, 0.05) is 17.9 Å². The first-order valence-corrected chi connectivity index (χ1v) is 8.85. The fourth-order valence-corrected chi connectivity index (χ4v) is 2.67. The highest BCUT2D eigenvalue weighted by molar-refractivity contribution is 6.17. The molecule has 0 radical (unpaired) electrons. The number of hydrogen-bond donors (Lipinski definition) is 1. The van der Waals surface area contributed by atoms with E-state index in [0.29, 0.717) is 24.3 Å². The fraction of sp³-hybridized carbons (Fsp3) is 0.263. The highest BCUT2D eigenvalue weighted by Crippen LogP contribution is 2.21. The summed E-state index contributed by atoms with van der Waals surface area (Å²) in [7, 11) is 0. The number of aryl methyl sites for hydroxylation is 1. The molecule has 142 valence electrons. The molecule has 27 heavy (non-hydrogen) atoms. The molecule has 0 atom stereocenters. The maximum absolute atomic E-state index is 13.1. The van der Waals surface area contributed by atoms with Gasteiger partial charge in [-0.15, -0.1) is 0 Å². The van der Waals surface area contributed by atoms with Crippen LogP contribution >= 0.6 is 11.6 Å². The summed E-state index contributed by atoms with van der Waals surface area (Å²) in [5, 5.41) is 0. The minimum atomic E-state index is -0.780. The number of alkyl halides is 1. The van der Waals surface area contributed by atoms with Crippen molar-refractivity contribution in [2.75, 3.05) is 17.5 Å². The molecule has 0 saturated carbocycles. The van der Waals surface area contributed by atoms with E-state index in [0.717, 1.165) is 0 Å². The van der Waals surface area contributed by atoms with Crippen molar-refractivity contribution in [2.24, 2.45) is 5.73 Å². The van der Waals surface area contributed by atoms with Crippen molar-refractivity contribution in [2.45, 2.75) is 20.3 Å². The number of benzene rings is 1. The molecule has 2 N–H and O–H groups in total. The van der Waals surface area contributed by atoms with Crippen LogP contribution in [0.25, 0.3) is 0 Å². The molecule has 2 aromatic rings. The molecule has 0 bridgehead atoms. The zero-order chi connectivity index (χ0) is 20.0. The number of nitrogens with two attached hydrogens (primary N) is 1. The molecule has 0 aliphatic carbocycles. The first-order chi connectivity index (χ1) is 12.9. The molecule has 2 rings (SSSR count). The largest absolute Gasteiger partial charge is 0.446 e. The van der Waals surface area contributed by atoms with Crippen LogP contribution in [0.2, 0.25) is 0 Å². The molecular formula is C19H20ClN3O4. The molecule has 0 spiro atoms. The Morgan fingerprint density at radius 3 is 2.59 bits per heavy atom. The van der Waals surface area contributed by atoms with Crippen molar-refractivity contribution >= 4 is 35.1 Å². The maximum Gasteiger partial charge on any atom is 0.339 e. The topological polar surface area (TPSA) is 103 Å². The predicted octanol–water partition coefficient (Wildman–Crippen LogP) is 2.90. The summed E-state index contributed by atoms with van der Waals surface area (Å²) >= 11 is 5.43. The van der Waals surface area contributed by atoms with Crippen molar-refractivity contribution < 1.29 is 19.1 Å². The van der Waals surface area contributed by atoms with Crippen molar-refractivity contribution in [3.05, 3.63) is 58.9 Å². The van der Waals surface area contributed by atoms with Crippen molar-refractivity contribution in [3.63, 3.8) is 0 Å². The van der Waals surface area contributed by atoms with Crippen LogP contribution in [0, 0.1) is 6.92 Å². The van der Waals surface area contributed by atoms with Gasteiger partial charge in [0.2, 0.25) is 0 Å². The second-order valence-electron chi connectivity index (χ2n) is 5.76. The molecular weight excluding hydrogens is 370 g/mol. The first kappa shape index (κ1) is 20.4. The molecule has 1 aromatic heterocycles. The number of aromatic nitrogens is 1. The average Bonchev–Trinajstić information content (AvgIpc) is 2.65. The van der Waals surface area contributed by atoms with Crippen LogP contribution in [0.4, 0.5) is 5.69 Å². The van der Waals surface area contributed by atoms with Gasteiger partial charge in [-0.25, -0.2) is 9.78 Å². The molecule has 2 amide bonds. The summed E-state index contributed by atoms with van der Waals surface area (Å²) in [6.07, 6.45) is 0.660. The second-order valence-corrected chi connectivity index (χ2v) is 5.98. The van der Waals surface area contributed by atoms with Crippen LogP contribution in [0.5, 0.6) is 0 Å². The number of hydrogen-bond acceptors (Lipinski definition) is 5. The number of rotatable bonds is 7. The first-order valence-electron chi connectivity index (χ1n) is 8.31. The van der Waals surface area contributed by atoms with Gasteiger partial charge in [0.15, 0.2) is 6.07 Å². The van der Waals surface area contributed by atoms with Crippen LogP contribution < -0.4 is 10.6 Å². The molecule has 1 aromatic carbocycles. The lowest BCUT2D eigenvalue weighted by Gasteiger charge is -2.23. The van der Waals surface area contributed by atoms with E-state index in [4.69, 9.17) is 22.1 Å². The Hall–Kier alpha value is -2.93. The summed E-state index contributed by atoms with van der Waals surface area (Å²) in [6, 6.07) is 9.33. The lowest BCUT2D eigenvalue weighted by molar-refractivity contribution is 0.0573. The minimum Gasteiger partial charge on any atom is -0.446 e. The molecule has 0 unspecified atom stereocenters. The highest BCUT2D eigenvalue weighted by atomic mass is 35.5. The van der Waals surface area contributed by atoms with Gasteiger partial charge in [-0.1, -0.05) is 24.6 Å². The number of halogens is 1. The molecule has 1 heterocycles. The third-order valence-corrected chi connectivity index (χ3v) is 3.88. The van der Waals surface area contributed by atoms with Gasteiger partial charge in [-0.2, -0.15) is 0 Å². The van der Waals surface area contributed by atoms with Crippen LogP contribution in [0.3, 0.4) is 0 Å². The van der Waals surface area contributed by atoms with Crippen molar-refractivity contribution in [1.29, 1.82) is 0 Å². The zero-order valence-electron chi connectivity index (χ0n) is 15.1. The van der Waals surface area contributed by atoms with Gasteiger partial charge in [-0.3, -0.25) is 9.59 Å². The number of pyridine rings is 1. The van der Waals surface area contributed by atoms with Crippen LogP contribution in [0.1, 0.15) is 50.2 Å². The normalized spacial score (nSPS) is 10.3. The summed E-state index contributed by atoms with van der Waals surface area (Å²) < 4.78 is 4.78. The van der Waals surface area contributed by atoms with Crippen molar-refractivity contribution in [3.8, 4) is 0 Å². The van der Waals surface area contributed by atoms with Gasteiger partial charge in [0.05, 0.1) is 11.1 Å². The highest BCUT2D eigenvalue weighted by Gasteiger charge is 2.24. The van der Waals surface area contributed by atoms with Crippen molar-refractivity contribution in [1.82, 2.24) is 4.98 Å². The summed E-state index contributed by atoms with van der Waals surface area (Å²) in [5.41, 5.74) is 6.74. The Bertz CT molecular complexity index is 870. The van der Waals surface area contributed by atoms with Crippen LogP contribution in [-0.4, -0.2) is 35.4 Å². The smallest absolute Gasteiger partial charge is 0.339 e. The third kappa shape index (κ3) is 4.83. The van der Waals surface area contributed by atoms with Gasteiger partial charge in [0.25, 0.3) is 11.8 Å². The van der Waals surface area contributed by atoms with E-state index >= 15 is 0 Å². The third-order valence-electron chi connectivity index (χ3n) is 3.77. The second kappa shape index (κ2) is 9.14. The van der Waals surface area contributed by atoms with E-state index in [9.17, 15) is 14.4 Å². The fourth-order valence-electron chi connectivity index (χ4n) is 2.57. The Labute approximate surface area is 162 Å². The summed E-state index contributed by atoms with van der Waals surface area (Å²) in [5.74, 6) is -1.80. The Kier molecular flexibility index (Phi) is 6.90. The molecule has 0 aliphatic rings. The van der Waals surface area contributed by atoms with Gasteiger partial charge >= 0.3 is 5.97 Å². The molecule has 0 fully saturated rings. The molecule has 0 aliphatic heterocycles. The predicted molar refractivity (Wildman–Crippen MR) is 102 cm³/mol. The molecule has 7 nitrogen and oxygen atoms in total. The van der Waals surface area contributed by atoms with E-state index in [-0.39, 0.29) is 22.9 Å². The van der Waals surface area contributed by atoms with E-state index in [1.807, 2.05) is 6.92 Å². The monoisotopic (exact) mass is 389 g/mol. The quantitative estimate of drug-likeness (QED) is 0.579. The number of esters is 1. The number of carbonyl (C=O) groups excluding carboxylic acids is 3. The Morgan fingerprint density at radius 2 is 1.96 bits per heavy atom. The van der Waals surface area contributed by atoms with Gasteiger partial charge in [-0.05, 0) is 43.7 Å². The summed E-state index contributed by atoms with van der Waals surface area (Å²) in [4.78, 5) is 42.3.